The summed E-state index contributed by atoms with van der Waals surface area (Å²) < 4.78 is 10.4. The van der Waals surface area contributed by atoms with Gasteiger partial charge in [-0.15, -0.1) is 0 Å². The van der Waals surface area contributed by atoms with Crippen molar-refractivity contribution in [3.8, 4) is 11.8 Å². The third-order valence-electron chi connectivity index (χ3n) is 3.58. The van der Waals surface area contributed by atoms with Crippen LogP contribution in [0.5, 0.6) is 5.75 Å². The van der Waals surface area contributed by atoms with E-state index < -0.39 is 5.41 Å². The molecular formula is C15H18N2O3. The first kappa shape index (κ1) is 14.4. The van der Waals surface area contributed by atoms with Crippen molar-refractivity contribution in [1.82, 2.24) is 5.32 Å². The third kappa shape index (κ3) is 3.09. The Hall–Kier alpha value is -2.06. The monoisotopic (exact) mass is 274 g/mol. The number of ether oxygens (including phenoxy) is 2. The highest BCUT2D eigenvalue weighted by Crippen LogP contribution is 2.30. The second-order valence-electron chi connectivity index (χ2n) is 4.84. The average molecular weight is 274 g/mol. The van der Waals surface area contributed by atoms with Gasteiger partial charge in [0.2, 0.25) is 5.91 Å². The Morgan fingerprint density at radius 3 is 2.90 bits per heavy atom. The predicted molar refractivity (Wildman–Crippen MR) is 72.9 cm³/mol. The van der Waals surface area contributed by atoms with Gasteiger partial charge in [-0.3, -0.25) is 4.79 Å². The number of hydrogen-bond acceptors (Lipinski definition) is 4. The maximum absolute atomic E-state index is 12.3. The van der Waals surface area contributed by atoms with Crippen molar-refractivity contribution in [2.45, 2.75) is 19.4 Å². The minimum atomic E-state index is -0.947. The van der Waals surface area contributed by atoms with Gasteiger partial charge >= 0.3 is 0 Å². The van der Waals surface area contributed by atoms with E-state index in [2.05, 4.69) is 11.4 Å². The van der Waals surface area contributed by atoms with E-state index >= 15 is 0 Å². The minimum Gasteiger partial charge on any atom is -0.497 e. The van der Waals surface area contributed by atoms with Gasteiger partial charge in [-0.25, -0.2) is 0 Å². The fourth-order valence-corrected chi connectivity index (χ4v) is 2.24. The van der Waals surface area contributed by atoms with Gasteiger partial charge in [-0.1, -0.05) is 12.1 Å². The molecule has 1 aromatic rings. The van der Waals surface area contributed by atoms with Gasteiger partial charge < -0.3 is 14.8 Å². The first-order chi connectivity index (χ1) is 9.70. The lowest BCUT2D eigenvalue weighted by Gasteiger charge is -2.29. The Labute approximate surface area is 118 Å². The van der Waals surface area contributed by atoms with Crippen LogP contribution in [0.4, 0.5) is 0 Å². The average Bonchev–Trinajstić information content (AvgIpc) is 2.53. The van der Waals surface area contributed by atoms with Crippen LogP contribution >= 0.6 is 0 Å². The standard InChI is InChI=1S/C15H18N2O3/c1-19-13-4-2-3-12(9-13)10-17-14(18)15(11-16)5-7-20-8-6-15/h2-4,9H,5-8,10H2,1H3,(H,17,18). The van der Waals surface area contributed by atoms with E-state index in [1.807, 2.05) is 24.3 Å². The maximum Gasteiger partial charge on any atom is 0.240 e. The summed E-state index contributed by atoms with van der Waals surface area (Å²) in [6.07, 6.45) is 0.904. The summed E-state index contributed by atoms with van der Waals surface area (Å²) in [5, 5.41) is 12.1. The highest BCUT2D eigenvalue weighted by Gasteiger charge is 2.40. The normalized spacial score (nSPS) is 17.0. The Kier molecular flexibility index (Phi) is 4.59. The molecule has 5 nitrogen and oxygen atoms in total. The number of amides is 1. The molecule has 1 aliphatic rings. The molecule has 5 heteroatoms. The van der Waals surface area contributed by atoms with Crippen LogP contribution in [0, 0.1) is 16.7 Å². The molecule has 1 heterocycles. The molecule has 0 radical (unpaired) electrons. The lowest BCUT2D eigenvalue weighted by atomic mass is 9.81. The fourth-order valence-electron chi connectivity index (χ4n) is 2.24. The predicted octanol–water partition coefficient (Wildman–Crippen LogP) is 1.63. The van der Waals surface area contributed by atoms with Crippen LogP contribution in [-0.4, -0.2) is 26.2 Å². The van der Waals surface area contributed by atoms with E-state index in [1.54, 1.807) is 7.11 Å². The molecule has 0 bridgehead atoms. The Balaban J connectivity index is 1.99. The number of benzene rings is 1. The van der Waals surface area contributed by atoms with Crippen LogP contribution in [0.25, 0.3) is 0 Å². The lowest BCUT2D eigenvalue weighted by Crippen LogP contribution is -2.43. The molecular weight excluding hydrogens is 256 g/mol. The molecule has 20 heavy (non-hydrogen) atoms. The van der Waals surface area contributed by atoms with Crippen molar-refractivity contribution in [2.24, 2.45) is 5.41 Å². The summed E-state index contributed by atoms with van der Waals surface area (Å²) in [7, 11) is 1.60. The smallest absolute Gasteiger partial charge is 0.240 e. The van der Waals surface area contributed by atoms with E-state index in [-0.39, 0.29) is 5.91 Å². The summed E-state index contributed by atoms with van der Waals surface area (Å²) in [4.78, 5) is 12.3. The fraction of sp³-hybridized carbons (Fsp3) is 0.467. The maximum atomic E-state index is 12.3. The Morgan fingerprint density at radius 1 is 1.50 bits per heavy atom. The molecule has 1 amide bonds. The van der Waals surface area contributed by atoms with Crippen molar-refractivity contribution in [2.75, 3.05) is 20.3 Å². The number of nitrogens with zero attached hydrogens (tertiary/aromatic N) is 1. The van der Waals surface area contributed by atoms with Crippen LogP contribution in [-0.2, 0) is 16.1 Å². The molecule has 0 unspecified atom stereocenters. The van der Waals surface area contributed by atoms with Gasteiger partial charge in [-0.05, 0) is 30.5 Å². The van der Waals surface area contributed by atoms with E-state index in [0.29, 0.717) is 32.6 Å². The van der Waals surface area contributed by atoms with Gasteiger partial charge in [0.1, 0.15) is 11.2 Å². The first-order valence-corrected chi connectivity index (χ1v) is 6.60. The highest BCUT2D eigenvalue weighted by molar-refractivity contribution is 5.85. The number of rotatable bonds is 4. The van der Waals surface area contributed by atoms with Gasteiger partial charge in [0.25, 0.3) is 0 Å². The molecule has 1 fully saturated rings. The topological polar surface area (TPSA) is 71.3 Å². The van der Waals surface area contributed by atoms with Crippen LogP contribution in [0.15, 0.2) is 24.3 Å². The van der Waals surface area contributed by atoms with Gasteiger partial charge in [0.15, 0.2) is 0 Å². The molecule has 106 valence electrons. The van der Waals surface area contributed by atoms with Gasteiger partial charge in [0, 0.05) is 19.8 Å². The summed E-state index contributed by atoms with van der Waals surface area (Å²) in [6.45, 7) is 1.31. The number of hydrogen-bond donors (Lipinski definition) is 1. The highest BCUT2D eigenvalue weighted by atomic mass is 16.5. The summed E-state index contributed by atoms with van der Waals surface area (Å²) >= 11 is 0. The number of carbonyl (C=O) groups is 1. The third-order valence-corrected chi connectivity index (χ3v) is 3.58. The van der Waals surface area contributed by atoms with Crippen molar-refractivity contribution in [3.05, 3.63) is 29.8 Å². The molecule has 1 aliphatic heterocycles. The second-order valence-corrected chi connectivity index (χ2v) is 4.84. The zero-order valence-electron chi connectivity index (χ0n) is 11.5. The van der Waals surface area contributed by atoms with Crippen LogP contribution in [0.3, 0.4) is 0 Å². The molecule has 1 saturated heterocycles. The van der Waals surface area contributed by atoms with Gasteiger partial charge in [0.05, 0.1) is 13.2 Å². The van der Waals surface area contributed by atoms with Crippen molar-refractivity contribution in [1.29, 1.82) is 5.26 Å². The number of nitriles is 1. The number of carbonyl (C=O) groups excluding carboxylic acids is 1. The SMILES string of the molecule is COc1cccc(CNC(=O)C2(C#N)CCOCC2)c1. The van der Waals surface area contributed by atoms with Crippen LogP contribution < -0.4 is 10.1 Å². The second kappa shape index (κ2) is 6.40. The summed E-state index contributed by atoms with van der Waals surface area (Å²) in [6, 6.07) is 9.65. The quantitative estimate of drug-likeness (QED) is 0.906. The van der Waals surface area contributed by atoms with Crippen LogP contribution in [0.2, 0.25) is 0 Å². The molecule has 1 aromatic carbocycles. The van der Waals surface area contributed by atoms with Crippen molar-refractivity contribution >= 4 is 5.91 Å². The molecule has 1 N–H and O–H groups in total. The molecule has 0 aromatic heterocycles. The minimum absolute atomic E-state index is 0.217. The largest absolute Gasteiger partial charge is 0.497 e. The zero-order chi connectivity index (χ0) is 14.4. The molecule has 0 spiro atoms. The Bertz CT molecular complexity index is 516. The van der Waals surface area contributed by atoms with E-state index in [4.69, 9.17) is 9.47 Å². The van der Waals surface area contributed by atoms with Gasteiger partial charge in [-0.2, -0.15) is 5.26 Å². The van der Waals surface area contributed by atoms with Crippen molar-refractivity contribution in [3.63, 3.8) is 0 Å². The number of methoxy groups -OCH3 is 1. The number of nitrogens with one attached hydrogen (secondary N) is 1. The molecule has 2 rings (SSSR count). The van der Waals surface area contributed by atoms with E-state index in [0.717, 1.165) is 11.3 Å². The lowest BCUT2D eigenvalue weighted by molar-refractivity contribution is -0.132. The summed E-state index contributed by atoms with van der Waals surface area (Å²) in [5.41, 5.74) is -0.00485. The van der Waals surface area contributed by atoms with Crippen LogP contribution in [0.1, 0.15) is 18.4 Å². The zero-order valence-corrected chi connectivity index (χ0v) is 11.5. The molecule has 0 atom stereocenters. The summed E-state index contributed by atoms with van der Waals surface area (Å²) in [5.74, 6) is 0.531. The van der Waals surface area contributed by atoms with E-state index in [1.165, 1.54) is 0 Å². The molecule has 0 aliphatic carbocycles. The van der Waals surface area contributed by atoms with Crippen molar-refractivity contribution < 1.29 is 14.3 Å². The van der Waals surface area contributed by atoms with E-state index in [9.17, 15) is 10.1 Å². The first-order valence-electron chi connectivity index (χ1n) is 6.60. The Morgan fingerprint density at radius 2 is 2.25 bits per heavy atom. The molecule has 0 saturated carbocycles.